The van der Waals surface area contributed by atoms with Crippen molar-refractivity contribution in [3.05, 3.63) is 231 Å². The normalized spacial score (nSPS) is 11.2. The van der Waals surface area contributed by atoms with E-state index in [4.69, 9.17) is 0 Å². The Balaban J connectivity index is 1.23. The van der Waals surface area contributed by atoms with E-state index in [0.717, 1.165) is 0 Å². The van der Waals surface area contributed by atoms with Crippen LogP contribution in [0.2, 0.25) is 0 Å². The van der Waals surface area contributed by atoms with Crippen LogP contribution < -0.4 is 0 Å². The molecule has 0 N–H and O–H groups in total. The molecule has 0 aliphatic rings. The molecule has 0 unspecified atom stereocenters. The number of rotatable bonds is 7. The molecule has 0 spiro atoms. The first kappa shape index (κ1) is 33.3. The van der Waals surface area contributed by atoms with Crippen molar-refractivity contribution < 1.29 is 0 Å². The molecule has 0 radical (unpaired) electrons. The van der Waals surface area contributed by atoms with Gasteiger partial charge in [0.15, 0.2) is 0 Å². The van der Waals surface area contributed by atoms with E-state index in [1.165, 1.54) is 99.4 Å². The standard InChI is InChI=1S/C56H38/c1-4-17-39(18-5-1)41-31-33-42(34-32-41)47-25-10-11-26-48(47)46-35-36-49(45-24-16-23-44(37-45)40-19-6-2-7-20-40)54(38-46)56-52-29-14-12-27-50(52)55(43-21-8-3-9-22-43)51-28-13-15-30-53(51)56/h1-38H. The fourth-order valence-corrected chi connectivity index (χ4v) is 8.46. The van der Waals surface area contributed by atoms with Crippen LogP contribution >= 0.6 is 0 Å². The summed E-state index contributed by atoms with van der Waals surface area (Å²) < 4.78 is 0. The number of hydrogen-bond acceptors (Lipinski definition) is 0. The van der Waals surface area contributed by atoms with Gasteiger partial charge >= 0.3 is 0 Å². The van der Waals surface area contributed by atoms with E-state index in [1.807, 2.05) is 0 Å². The maximum atomic E-state index is 2.44. The molecule has 0 nitrogen and oxygen atoms in total. The van der Waals surface area contributed by atoms with Gasteiger partial charge in [0.2, 0.25) is 0 Å². The van der Waals surface area contributed by atoms with Gasteiger partial charge in [0.05, 0.1) is 0 Å². The Morgan fingerprint density at radius 3 is 1.11 bits per heavy atom. The highest BCUT2D eigenvalue weighted by Gasteiger charge is 2.20. The van der Waals surface area contributed by atoms with E-state index >= 15 is 0 Å². The van der Waals surface area contributed by atoms with E-state index in [9.17, 15) is 0 Å². The fraction of sp³-hybridized carbons (Fsp3) is 0. The van der Waals surface area contributed by atoms with E-state index in [2.05, 4.69) is 231 Å². The Kier molecular flexibility index (Phi) is 8.63. The molecule has 10 rings (SSSR count). The molecule has 10 aromatic carbocycles. The van der Waals surface area contributed by atoms with E-state index in [0.29, 0.717) is 0 Å². The van der Waals surface area contributed by atoms with Gasteiger partial charge in [0, 0.05) is 0 Å². The first-order valence-electron chi connectivity index (χ1n) is 19.3. The van der Waals surface area contributed by atoms with Crippen LogP contribution in [0.1, 0.15) is 0 Å². The zero-order valence-corrected chi connectivity index (χ0v) is 30.9. The number of benzene rings is 10. The van der Waals surface area contributed by atoms with Gasteiger partial charge < -0.3 is 0 Å². The Morgan fingerprint density at radius 2 is 0.518 bits per heavy atom. The minimum Gasteiger partial charge on any atom is -0.0622 e. The minimum atomic E-state index is 1.19. The largest absolute Gasteiger partial charge is 0.0622 e. The molecule has 0 aliphatic heterocycles. The molecular weight excluding hydrogens is 673 g/mol. The maximum Gasteiger partial charge on any atom is -0.00199 e. The first-order chi connectivity index (χ1) is 27.8. The quantitative estimate of drug-likeness (QED) is 0.144. The third-order valence-electron chi connectivity index (χ3n) is 11.1. The summed E-state index contributed by atoms with van der Waals surface area (Å²) >= 11 is 0. The lowest BCUT2D eigenvalue weighted by molar-refractivity contribution is 1.55. The molecule has 0 aliphatic carbocycles. The molecule has 262 valence electrons. The third kappa shape index (κ3) is 6.08. The smallest absolute Gasteiger partial charge is 0.00199 e. The lowest BCUT2D eigenvalue weighted by atomic mass is 9.82. The second-order valence-corrected chi connectivity index (χ2v) is 14.4. The molecule has 0 atom stereocenters. The summed E-state index contributed by atoms with van der Waals surface area (Å²) in [5.74, 6) is 0. The highest BCUT2D eigenvalue weighted by molar-refractivity contribution is 6.22. The summed E-state index contributed by atoms with van der Waals surface area (Å²) in [4.78, 5) is 0. The molecule has 0 bridgehead atoms. The summed E-state index contributed by atoms with van der Waals surface area (Å²) in [6.07, 6.45) is 0. The average molecular weight is 711 g/mol. The third-order valence-corrected chi connectivity index (χ3v) is 11.1. The van der Waals surface area contributed by atoms with Gasteiger partial charge in [0.1, 0.15) is 0 Å². The molecule has 0 amide bonds. The van der Waals surface area contributed by atoms with Crippen molar-refractivity contribution in [2.45, 2.75) is 0 Å². The summed E-state index contributed by atoms with van der Waals surface area (Å²) in [7, 11) is 0. The molecule has 0 fully saturated rings. The Morgan fingerprint density at radius 1 is 0.161 bits per heavy atom. The van der Waals surface area contributed by atoms with E-state index < -0.39 is 0 Å². The zero-order chi connectivity index (χ0) is 37.3. The summed E-state index contributed by atoms with van der Waals surface area (Å²) in [6.45, 7) is 0. The lowest BCUT2D eigenvalue weighted by Crippen LogP contribution is -1.94. The van der Waals surface area contributed by atoms with Crippen LogP contribution in [-0.4, -0.2) is 0 Å². The second kappa shape index (κ2) is 14.5. The van der Waals surface area contributed by atoms with Crippen molar-refractivity contribution in [2.75, 3.05) is 0 Å². The van der Waals surface area contributed by atoms with Crippen molar-refractivity contribution >= 4 is 21.5 Å². The molecule has 0 heteroatoms. The molecule has 0 aromatic heterocycles. The van der Waals surface area contributed by atoms with Crippen molar-refractivity contribution in [3.8, 4) is 77.9 Å². The van der Waals surface area contributed by atoms with Crippen LogP contribution in [0.25, 0.3) is 99.4 Å². The van der Waals surface area contributed by atoms with Crippen molar-refractivity contribution in [3.63, 3.8) is 0 Å². The van der Waals surface area contributed by atoms with Crippen LogP contribution in [-0.2, 0) is 0 Å². The Bertz CT molecular complexity index is 2920. The van der Waals surface area contributed by atoms with Gasteiger partial charge in [-0.2, -0.15) is 0 Å². The van der Waals surface area contributed by atoms with Crippen molar-refractivity contribution in [1.29, 1.82) is 0 Å². The summed E-state index contributed by atoms with van der Waals surface area (Å²) in [5, 5.41) is 4.99. The highest BCUT2D eigenvalue weighted by atomic mass is 14.2. The maximum absolute atomic E-state index is 2.44. The van der Waals surface area contributed by atoms with Gasteiger partial charge in [-0.3, -0.25) is 0 Å². The molecule has 0 saturated carbocycles. The minimum absolute atomic E-state index is 1.19. The van der Waals surface area contributed by atoms with Crippen LogP contribution in [0.5, 0.6) is 0 Å². The van der Waals surface area contributed by atoms with Crippen molar-refractivity contribution in [2.24, 2.45) is 0 Å². The highest BCUT2D eigenvalue weighted by Crippen LogP contribution is 2.48. The fourth-order valence-electron chi connectivity index (χ4n) is 8.46. The molecule has 0 heterocycles. The van der Waals surface area contributed by atoms with Gasteiger partial charge in [-0.25, -0.2) is 0 Å². The Hall–Kier alpha value is -7.28. The van der Waals surface area contributed by atoms with Gasteiger partial charge in [-0.1, -0.05) is 218 Å². The predicted molar refractivity (Wildman–Crippen MR) is 240 cm³/mol. The summed E-state index contributed by atoms with van der Waals surface area (Å²) in [6, 6.07) is 84.0. The summed E-state index contributed by atoms with van der Waals surface area (Å²) in [5.41, 5.74) is 17.0. The van der Waals surface area contributed by atoms with Crippen molar-refractivity contribution in [1.82, 2.24) is 0 Å². The predicted octanol–water partition coefficient (Wildman–Crippen LogP) is 15.7. The monoisotopic (exact) mass is 710 g/mol. The number of hydrogen-bond donors (Lipinski definition) is 0. The lowest BCUT2D eigenvalue weighted by Gasteiger charge is -2.21. The van der Waals surface area contributed by atoms with Crippen LogP contribution in [0, 0.1) is 0 Å². The SMILES string of the molecule is c1ccc(-c2ccc(-c3ccccc3-c3ccc(-c4cccc(-c5ccccc5)c4)c(-c4c5ccccc5c(-c5ccccc5)c5ccccc45)c3)cc2)cc1. The molecule has 56 heavy (non-hydrogen) atoms. The topological polar surface area (TPSA) is 0 Å². The van der Waals surface area contributed by atoms with Crippen LogP contribution in [0.15, 0.2) is 231 Å². The number of fused-ring (bicyclic) bond motifs is 2. The zero-order valence-electron chi connectivity index (χ0n) is 30.9. The van der Waals surface area contributed by atoms with E-state index in [1.54, 1.807) is 0 Å². The van der Waals surface area contributed by atoms with Gasteiger partial charge in [-0.05, 0) is 112 Å². The van der Waals surface area contributed by atoms with Crippen LogP contribution in [0.4, 0.5) is 0 Å². The molecule has 10 aromatic rings. The van der Waals surface area contributed by atoms with Gasteiger partial charge in [0.25, 0.3) is 0 Å². The van der Waals surface area contributed by atoms with E-state index in [-0.39, 0.29) is 0 Å². The Labute approximate surface area is 328 Å². The van der Waals surface area contributed by atoms with Crippen LogP contribution in [0.3, 0.4) is 0 Å². The first-order valence-corrected chi connectivity index (χ1v) is 19.3. The second-order valence-electron chi connectivity index (χ2n) is 14.4. The molecular formula is C56H38. The average Bonchev–Trinajstić information content (AvgIpc) is 3.29. The van der Waals surface area contributed by atoms with Gasteiger partial charge in [-0.15, -0.1) is 0 Å². The molecule has 0 saturated heterocycles.